The molecule has 0 saturated carbocycles. The van der Waals surface area contributed by atoms with Crippen LogP contribution in [0, 0.1) is 0 Å². The number of hydrogen-bond donors (Lipinski definition) is 1. The maximum Gasteiger partial charge on any atom is 0.107 e. The Balaban J connectivity index is 1.71. The average Bonchev–Trinajstić information content (AvgIpc) is 2.92. The number of nitrogens with zero attached hydrogens (tertiary/aromatic N) is 2. The van der Waals surface area contributed by atoms with E-state index in [4.69, 9.17) is 0 Å². The van der Waals surface area contributed by atoms with E-state index in [1.165, 1.54) is 15.4 Å². The molecule has 4 heteroatoms. The summed E-state index contributed by atoms with van der Waals surface area (Å²) in [4.78, 5) is 8.39. The van der Waals surface area contributed by atoms with Gasteiger partial charge in [-0.3, -0.25) is 4.90 Å². The molecule has 3 rings (SSSR count). The largest absolute Gasteiger partial charge is 0.311 e. The lowest BCUT2D eigenvalue weighted by molar-refractivity contribution is 0.138. The Bertz CT molecular complexity index is 552. The molecular weight excluding hydrogens is 266 g/mol. The quantitative estimate of drug-likeness (QED) is 0.940. The molecule has 1 aliphatic heterocycles. The Morgan fingerprint density at radius 2 is 2.10 bits per heavy atom. The molecule has 0 radical (unpaired) electrons. The Labute approximate surface area is 124 Å². The number of piperazine rings is 1. The molecule has 2 heterocycles. The lowest BCUT2D eigenvalue weighted by atomic mass is 10.1. The van der Waals surface area contributed by atoms with Crippen LogP contribution in [0.1, 0.15) is 18.9 Å². The first kappa shape index (κ1) is 13.7. The molecule has 1 N–H and O–H groups in total. The summed E-state index contributed by atoms with van der Waals surface area (Å²) in [5.74, 6) is 0. The third-order valence-corrected chi connectivity index (χ3v) is 4.87. The number of benzene rings is 1. The predicted molar refractivity (Wildman–Crippen MR) is 84.9 cm³/mol. The van der Waals surface area contributed by atoms with Crippen molar-refractivity contribution in [3.63, 3.8) is 0 Å². The van der Waals surface area contributed by atoms with Crippen LogP contribution in [0.15, 0.2) is 36.5 Å². The molecule has 1 fully saturated rings. The number of aromatic nitrogens is 1. The summed E-state index contributed by atoms with van der Waals surface area (Å²) >= 11 is 1.81. The molecule has 106 valence electrons. The molecule has 20 heavy (non-hydrogen) atoms. The molecule has 1 aliphatic rings. The second-order valence-corrected chi connectivity index (χ2v) is 6.69. The van der Waals surface area contributed by atoms with Crippen LogP contribution in [-0.2, 0) is 6.54 Å². The monoisotopic (exact) mass is 287 g/mol. The minimum absolute atomic E-state index is 0.569. The van der Waals surface area contributed by atoms with E-state index < -0.39 is 0 Å². The highest BCUT2D eigenvalue weighted by atomic mass is 32.1. The molecule has 2 atom stereocenters. The van der Waals surface area contributed by atoms with E-state index in [1.807, 2.05) is 17.5 Å². The smallest absolute Gasteiger partial charge is 0.107 e. The van der Waals surface area contributed by atoms with Gasteiger partial charge < -0.3 is 5.32 Å². The van der Waals surface area contributed by atoms with Crippen LogP contribution in [-0.4, -0.2) is 35.1 Å². The molecule has 3 nitrogen and oxygen atoms in total. The normalized spacial score (nSPS) is 23.9. The first-order valence-corrected chi connectivity index (χ1v) is 8.01. The Hall–Kier alpha value is -1.23. The molecular formula is C16H21N3S. The van der Waals surface area contributed by atoms with Gasteiger partial charge in [-0.05, 0) is 19.4 Å². The van der Waals surface area contributed by atoms with Gasteiger partial charge in [0.25, 0.3) is 0 Å². The zero-order valence-corrected chi connectivity index (χ0v) is 12.9. The number of nitrogens with one attached hydrogen (secondary N) is 1. The van der Waals surface area contributed by atoms with Crippen molar-refractivity contribution in [2.24, 2.45) is 0 Å². The second-order valence-electron chi connectivity index (χ2n) is 5.57. The topological polar surface area (TPSA) is 28.2 Å². The molecule has 2 aromatic rings. The molecule has 1 aromatic heterocycles. The van der Waals surface area contributed by atoms with Crippen molar-refractivity contribution in [1.82, 2.24) is 15.2 Å². The van der Waals surface area contributed by atoms with Gasteiger partial charge >= 0.3 is 0 Å². The van der Waals surface area contributed by atoms with Gasteiger partial charge in [0.05, 0.1) is 11.4 Å². The summed E-state index contributed by atoms with van der Waals surface area (Å²) in [5, 5.41) is 4.73. The van der Waals surface area contributed by atoms with Crippen molar-refractivity contribution in [2.45, 2.75) is 32.5 Å². The van der Waals surface area contributed by atoms with Gasteiger partial charge in [-0.2, -0.15) is 0 Å². The van der Waals surface area contributed by atoms with Gasteiger partial charge in [-0.25, -0.2) is 4.98 Å². The van der Waals surface area contributed by atoms with Gasteiger partial charge in [0.15, 0.2) is 0 Å². The first-order valence-electron chi connectivity index (χ1n) is 7.20. The third kappa shape index (κ3) is 3.08. The number of thiazole rings is 1. The van der Waals surface area contributed by atoms with Crippen LogP contribution in [0.2, 0.25) is 0 Å². The fraction of sp³-hybridized carbons (Fsp3) is 0.438. The summed E-state index contributed by atoms with van der Waals surface area (Å²) < 4.78 is 0. The summed E-state index contributed by atoms with van der Waals surface area (Å²) in [7, 11) is 0. The van der Waals surface area contributed by atoms with E-state index in [2.05, 4.69) is 59.4 Å². The van der Waals surface area contributed by atoms with Crippen LogP contribution >= 0.6 is 11.3 Å². The molecule has 1 aromatic carbocycles. The maximum absolute atomic E-state index is 4.60. The lowest BCUT2D eigenvalue weighted by Gasteiger charge is -2.36. The summed E-state index contributed by atoms with van der Waals surface area (Å²) in [6.45, 7) is 7.66. The predicted octanol–water partition coefficient (Wildman–Crippen LogP) is 2.99. The molecule has 0 bridgehead atoms. The fourth-order valence-corrected chi connectivity index (χ4v) is 3.56. The zero-order chi connectivity index (χ0) is 13.9. The number of hydrogen-bond acceptors (Lipinski definition) is 4. The highest BCUT2D eigenvalue weighted by Crippen LogP contribution is 2.27. The van der Waals surface area contributed by atoms with Crippen LogP contribution in [0.4, 0.5) is 0 Å². The van der Waals surface area contributed by atoms with Gasteiger partial charge in [0.1, 0.15) is 5.01 Å². The fourth-order valence-electron chi connectivity index (χ4n) is 2.61. The van der Waals surface area contributed by atoms with Crippen molar-refractivity contribution >= 4 is 11.3 Å². The standard InChI is InChI=1S/C16H21N3S/c1-12-10-19(13(2)8-17-12)11-16-18-9-15(20-16)14-6-4-3-5-7-14/h3-7,9,12-13,17H,8,10-11H2,1-2H3. The van der Waals surface area contributed by atoms with Crippen LogP contribution in [0.3, 0.4) is 0 Å². The number of rotatable bonds is 3. The average molecular weight is 287 g/mol. The van der Waals surface area contributed by atoms with E-state index in [1.54, 1.807) is 0 Å². The second kappa shape index (κ2) is 6.04. The molecule has 0 spiro atoms. The zero-order valence-electron chi connectivity index (χ0n) is 12.0. The van der Waals surface area contributed by atoms with E-state index in [0.717, 1.165) is 19.6 Å². The van der Waals surface area contributed by atoms with Gasteiger partial charge in [0.2, 0.25) is 0 Å². The van der Waals surface area contributed by atoms with E-state index in [0.29, 0.717) is 12.1 Å². The van der Waals surface area contributed by atoms with Crippen molar-refractivity contribution in [3.8, 4) is 10.4 Å². The summed E-state index contributed by atoms with van der Waals surface area (Å²) in [6, 6.07) is 11.6. The van der Waals surface area contributed by atoms with E-state index in [9.17, 15) is 0 Å². The molecule has 0 aliphatic carbocycles. The van der Waals surface area contributed by atoms with Crippen molar-refractivity contribution < 1.29 is 0 Å². The van der Waals surface area contributed by atoms with Crippen molar-refractivity contribution in [3.05, 3.63) is 41.5 Å². The highest BCUT2D eigenvalue weighted by molar-refractivity contribution is 7.15. The van der Waals surface area contributed by atoms with Crippen molar-refractivity contribution in [2.75, 3.05) is 13.1 Å². The summed E-state index contributed by atoms with van der Waals surface area (Å²) in [6.07, 6.45) is 2.01. The van der Waals surface area contributed by atoms with Crippen LogP contribution in [0.25, 0.3) is 10.4 Å². The van der Waals surface area contributed by atoms with Crippen LogP contribution < -0.4 is 5.32 Å². The lowest BCUT2D eigenvalue weighted by Crippen LogP contribution is -2.53. The SMILES string of the molecule is CC1CN(Cc2ncc(-c3ccccc3)s2)C(C)CN1. The third-order valence-electron chi connectivity index (χ3n) is 3.84. The van der Waals surface area contributed by atoms with Gasteiger partial charge in [-0.1, -0.05) is 30.3 Å². The minimum Gasteiger partial charge on any atom is -0.311 e. The van der Waals surface area contributed by atoms with Crippen molar-refractivity contribution in [1.29, 1.82) is 0 Å². The maximum atomic E-state index is 4.60. The Morgan fingerprint density at radius 1 is 1.30 bits per heavy atom. The minimum atomic E-state index is 0.569. The van der Waals surface area contributed by atoms with Gasteiger partial charge in [0, 0.05) is 31.4 Å². The van der Waals surface area contributed by atoms with E-state index >= 15 is 0 Å². The Morgan fingerprint density at radius 3 is 2.90 bits per heavy atom. The highest BCUT2D eigenvalue weighted by Gasteiger charge is 2.23. The first-order chi connectivity index (χ1) is 9.72. The Kier molecular flexibility index (Phi) is 4.15. The van der Waals surface area contributed by atoms with Crippen LogP contribution in [0.5, 0.6) is 0 Å². The molecule has 2 unspecified atom stereocenters. The molecule has 0 amide bonds. The summed E-state index contributed by atoms with van der Waals surface area (Å²) in [5.41, 5.74) is 1.26. The van der Waals surface area contributed by atoms with Gasteiger partial charge in [-0.15, -0.1) is 11.3 Å². The van der Waals surface area contributed by atoms with E-state index in [-0.39, 0.29) is 0 Å². The molecule has 1 saturated heterocycles.